The van der Waals surface area contributed by atoms with Gasteiger partial charge in [-0.3, -0.25) is 14.5 Å². The van der Waals surface area contributed by atoms with Crippen LogP contribution in [0, 0.1) is 5.92 Å². The van der Waals surface area contributed by atoms with E-state index in [0.29, 0.717) is 18.9 Å². The SMILES string of the molecule is CC(C)CC(=O)NCCN1CCN(C(=O)c2ccccc2)CC1. The quantitative estimate of drug-likeness (QED) is 0.867. The van der Waals surface area contributed by atoms with Gasteiger partial charge in [-0.25, -0.2) is 0 Å². The third-order valence-corrected chi connectivity index (χ3v) is 4.02. The van der Waals surface area contributed by atoms with E-state index in [1.165, 1.54) is 0 Å². The molecular formula is C18H27N3O2. The second-order valence-corrected chi connectivity index (χ2v) is 6.45. The summed E-state index contributed by atoms with van der Waals surface area (Å²) in [7, 11) is 0. The predicted octanol–water partition coefficient (Wildman–Crippen LogP) is 1.61. The first-order valence-corrected chi connectivity index (χ1v) is 8.39. The van der Waals surface area contributed by atoms with E-state index in [4.69, 9.17) is 0 Å². The summed E-state index contributed by atoms with van der Waals surface area (Å²) >= 11 is 0. The third-order valence-electron chi connectivity index (χ3n) is 4.02. The minimum Gasteiger partial charge on any atom is -0.355 e. The van der Waals surface area contributed by atoms with E-state index in [1.54, 1.807) is 0 Å². The molecule has 5 nitrogen and oxygen atoms in total. The Labute approximate surface area is 138 Å². The van der Waals surface area contributed by atoms with Gasteiger partial charge < -0.3 is 10.2 Å². The van der Waals surface area contributed by atoms with Gasteiger partial charge in [0.25, 0.3) is 5.91 Å². The van der Waals surface area contributed by atoms with Crippen LogP contribution in [0.4, 0.5) is 0 Å². The van der Waals surface area contributed by atoms with Gasteiger partial charge in [-0.15, -0.1) is 0 Å². The molecule has 1 fully saturated rings. The average molecular weight is 317 g/mol. The van der Waals surface area contributed by atoms with Gasteiger partial charge >= 0.3 is 0 Å². The van der Waals surface area contributed by atoms with Crippen molar-refractivity contribution in [3.63, 3.8) is 0 Å². The molecule has 1 N–H and O–H groups in total. The van der Waals surface area contributed by atoms with Gasteiger partial charge in [0.05, 0.1) is 0 Å². The third kappa shape index (κ3) is 5.67. The van der Waals surface area contributed by atoms with E-state index >= 15 is 0 Å². The molecule has 2 rings (SSSR count). The molecule has 0 unspecified atom stereocenters. The van der Waals surface area contributed by atoms with Crippen molar-refractivity contribution in [1.82, 2.24) is 15.1 Å². The van der Waals surface area contributed by atoms with E-state index in [9.17, 15) is 9.59 Å². The molecule has 1 saturated heterocycles. The van der Waals surface area contributed by atoms with Crippen LogP contribution in [0.3, 0.4) is 0 Å². The Morgan fingerprint density at radius 2 is 1.74 bits per heavy atom. The number of rotatable bonds is 6. The van der Waals surface area contributed by atoms with Crippen LogP contribution in [-0.2, 0) is 4.79 Å². The van der Waals surface area contributed by atoms with E-state index in [1.807, 2.05) is 49.1 Å². The second kappa shape index (κ2) is 8.67. The summed E-state index contributed by atoms with van der Waals surface area (Å²) in [6.45, 7) is 8.82. The number of amides is 2. The van der Waals surface area contributed by atoms with Crippen molar-refractivity contribution in [1.29, 1.82) is 0 Å². The molecule has 2 amide bonds. The van der Waals surface area contributed by atoms with Gasteiger partial charge in [-0.1, -0.05) is 32.0 Å². The average Bonchev–Trinajstić information content (AvgIpc) is 2.55. The Morgan fingerprint density at radius 1 is 1.09 bits per heavy atom. The number of hydrogen-bond acceptors (Lipinski definition) is 3. The first-order valence-electron chi connectivity index (χ1n) is 8.39. The van der Waals surface area contributed by atoms with Crippen molar-refractivity contribution < 1.29 is 9.59 Å². The number of benzene rings is 1. The molecule has 0 saturated carbocycles. The summed E-state index contributed by atoms with van der Waals surface area (Å²) in [6.07, 6.45) is 0.583. The van der Waals surface area contributed by atoms with Gasteiger partial charge in [0, 0.05) is 51.3 Å². The number of carbonyl (C=O) groups is 2. The van der Waals surface area contributed by atoms with Crippen molar-refractivity contribution in [3.05, 3.63) is 35.9 Å². The van der Waals surface area contributed by atoms with E-state index in [0.717, 1.165) is 38.3 Å². The first-order chi connectivity index (χ1) is 11.1. The topological polar surface area (TPSA) is 52.7 Å². The summed E-state index contributed by atoms with van der Waals surface area (Å²) in [4.78, 5) is 28.2. The lowest BCUT2D eigenvalue weighted by molar-refractivity contribution is -0.121. The van der Waals surface area contributed by atoms with Crippen molar-refractivity contribution in [3.8, 4) is 0 Å². The lowest BCUT2D eigenvalue weighted by Crippen LogP contribution is -2.50. The lowest BCUT2D eigenvalue weighted by Gasteiger charge is -2.34. The Morgan fingerprint density at radius 3 is 2.35 bits per heavy atom. The minimum atomic E-state index is 0.107. The van der Waals surface area contributed by atoms with Crippen LogP contribution in [0.2, 0.25) is 0 Å². The van der Waals surface area contributed by atoms with Crippen LogP contribution in [0.1, 0.15) is 30.6 Å². The molecule has 0 aliphatic carbocycles. The van der Waals surface area contributed by atoms with Crippen LogP contribution in [0.5, 0.6) is 0 Å². The lowest BCUT2D eigenvalue weighted by atomic mass is 10.1. The van der Waals surface area contributed by atoms with Crippen LogP contribution < -0.4 is 5.32 Å². The molecule has 0 radical (unpaired) electrons. The standard InChI is InChI=1S/C18H27N3O2/c1-15(2)14-17(22)19-8-9-20-10-12-21(13-11-20)18(23)16-6-4-3-5-7-16/h3-7,15H,8-14H2,1-2H3,(H,19,22). The number of nitrogens with one attached hydrogen (secondary N) is 1. The highest BCUT2D eigenvalue weighted by molar-refractivity contribution is 5.94. The monoisotopic (exact) mass is 317 g/mol. The van der Waals surface area contributed by atoms with Gasteiger partial charge in [0.1, 0.15) is 0 Å². The summed E-state index contributed by atoms with van der Waals surface area (Å²) in [6, 6.07) is 9.42. The largest absolute Gasteiger partial charge is 0.355 e. The smallest absolute Gasteiger partial charge is 0.253 e. The first kappa shape index (κ1) is 17.5. The summed E-state index contributed by atoms with van der Waals surface area (Å²) in [5.74, 6) is 0.621. The zero-order chi connectivity index (χ0) is 16.7. The van der Waals surface area contributed by atoms with Crippen molar-refractivity contribution in [2.24, 2.45) is 5.92 Å². The number of nitrogens with zero attached hydrogens (tertiary/aromatic N) is 2. The maximum atomic E-state index is 12.4. The van der Waals surface area contributed by atoms with Crippen molar-refractivity contribution in [2.75, 3.05) is 39.3 Å². The highest BCUT2D eigenvalue weighted by Crippen LogP contribution is 2.08. The molecule has 126 valence electrons. The fourth-order valence-corrected chi connectivity index (χ4v) is 2.73. The Bertz CT molecular complexity index is 508. The van der Waals surface area contributed by atoms with Crippen molar-refractivity contribution in [2.45, 2.75) is 20.3 Å². The maximum Gasteiger partial charge on any atom is 0.253 e. The number of hydrogen-bond donors (Lipinski definition) is 1. The molecule has 1 aromatic rings. The van der Waals surface area contributed by atoms with Gasteiger partial charge in [0.15, 0.2) is 0 Å². The molecular weight excluding hydrogens is 290 g/mol. The molecule has 1 heterocycles. The minimum absolute atomic E-state index is 0.107. The molecule has 1 aliphatic rings. The van der Waals surface area contributed by atoms with Gasteiger partial charge in [-0.05, 0) is 18.1 Å². The Balaban J connectivity index is 1.68. The molecule has 5 heteroatoms. The zero-order valence-electron chi connectivity index (χ0n) is 14.1. The predicted molar refractivity (Wildman–Crippen MR) is 91.3 cm³/mol. The number of carbonyl (C=O) groups excluding carboxylic acids is 2. The van der Waals surface area contributed by atoms with E-state index in [-0.39, 0.29) is 11.8 Å². The molecule has 0 bridgehead atoms. The molecule has 0 atom stereocenters. The van der Waals surface area contributed by atoms with E-state index in [2.05, 4.69) is 10.2 Å². The van der Waals surface area contributed by atoms with Crippen molar-refractivity contribution >= 4 is 11.8 Å². The highest BCUT2D eigenvalue weighted by atomic mass is 16.2. The van der Waals surface area contributed by atoms with Gasteiger partial charge in [-0.2, -0.15) is 0 Å². The second-order valence-electron chi connectivity index (χ2n) is 6.45. The summed E-state index contributed by atoms with van der Waals surface area (Å²) in [5.41, 5.74) is 0.752. The Hall–Kier alpha value is -1.88. The molecule has 1 aromatic carbocycles. The summed E-state index contributed by atoms with van der Waals surface area (Å²) < 4.78 is 0. The fourth-order valence-electron chi connectivity index (χ4n) is 2.73. The maximum absolute atomic E-state index is 12.4. The summed E-state index contributed by atoms with van der Waals surface area (Å²) in [5, 5.41) is 2.96. The highest BCUT2D eigenvalue weighted by Gasteiger charge is 2.21. The normalized spacial score (nSPS) is 15.7. The zero-order valence-corrected chi connectivity index (χ0v) is 14.1. The van der Waals surface area contributed by atoms with Crippen LogP contribution in [0.25, 0.3) is 0 Å². The molecule has 0 spiro atoms. The van der Waals surface area contributed by atoms with Gasteiger partial charge in [0.2, 0.25) is 5.91 Å². The molecule has 23 heavy (non-hydrogen) atoms. The van der Waals surface area contributed by atoms with E-state index < -0.39 is 0 Å². The Kier molecular flexibility index (Phi) is 6.59. The molecule has 0 aromatic heterocycles. The molecule has 1 aliphatic heterocycles. The van der Waals surface area contributed by atoms with Crippen LogP contribution in [-0.4, -0.2) is 60.9 Å². The van der Waals surface area contributed by atoms with Crippen LogP contribution >= 0.6 is 0 Å². The fraction of sp³-hybridized carbons (Fsp3) is 0.556. The number of piperazine rings is 1. The van der Waals surface area contributed by atoms with Crippen LogP contribution in [0.15, 0.2) is 30.3 Å².